The van der Waals surface area contributed by atoms with E-state index in [1.54, 1.807) is 36.4 Å². The minimum absolute atomic E-state index is 0.220. The molecule has 1 amide bonds. The maximum Gasteiger partial charge on any atom is 0.265 e. The van der Waals surface area contributed by atoms with E-state index in [9.17, 15) is 13.2 Å². The number of nitrogens with zero attached hydrogens (tertiary/aromatic N) is 1. The SMILES string of the molecule is Cc1ccc(CN(c2ccc3sc(C(=O)Nc4cc(Cl)cc(Cl)c4)cc3c2)S(C)(=O)=O)cc1. The van der Waals surface area contributed by atoms with E-state index in [2.05, 4.69) is 5.32 Å². The number of sulfonamides is 1. The Morgan fingerprint density at radius 3 is 2.27 bits per heavy atom. The highest BCUT2D eigenvalue weighted by molar-refractivity contribution is 7.92. The number of carbonyl (C=O) groups is 1. The van der Waals surface area contributed by atoms with Gasteiger partial charge in [0.2, 0.25) is 10.0 Å². The predicted octanol–water partition coefficient (Wildman–Crippen LogP) is 6.74. The van der Waals surface area contributed by atoms with E-state index >= 15 is 0 Å². The highest BCUT2D eigenvalue weighted by Gasteiger charge is 2.19. The number of thiophene rings is 1. The van der Waals surface area contributed by atoms with E-state index in [-0.39, 0.29) is 12.5 Å². The predicted molar refractivity (Wildman–Crippen MR) is 138 cm³/mol. The van der Waals surface area contributed by atoms with Crippen LogP contribution in [0.25, 0.3) is 10.1 Å². The standard InChI is InChI=1S/C24H20Cl2N2O3S2/c1-15-3-5-16(6-4-15)14-28(33(2,30)31)21-7-8-22-17(9-21)10-23(32-22)24(29)27-20-12-18(25)11-19(26)13-20/h3-13H,14H2,1-2H3,(H,27,29). The molecule has 4 aromatic rings. The van der Waals surface area contributed by atoms with Crippen LogP contribution >= 0.6 is 34.5 Å². The van der Waals surface area contributed by atoms with Gasteiger partial charge in [0.05, 0.1) is 23.4 Å². The summed E-state index contributed by atoms with van der Waals surface area (Å²) in [6, 6.07) is 19.7. The van der Waals surface area contributed by atoms with Crippen LogP contribution in [0, 0.1) is 6.92 Å². The molecule has 170 valence electrons. The minimum Gasteiger partial charge on any atom is -0.321 e. The van der Waals surface area contributed by atoms with E-state index in [4.69, 9.17) is 23.2 Å². The fraction of sp³-hybridized carbons (Fsp3) is 0.125. The largest absolute Gasteiger partial charge is 0.321 e. The van der Waals surface area contributed by atoms with Crippen molar-refractivity contribution in [1.29, 1.82) is 0 Å². The Balaban J connectivity index is 1.63. The molecule has 0 aliphatic rings. The van der Waals surface area contributed by atoms with Gasteiger partial charge in [-0.25, -0.2) is 8.42 Å². The molecular formula is C24H20Cl2N2O3S2. The highest BCUT2D eigenvalue weighted by Crippen LogP contribution is 2.32. The van der Waals surface area contributed by atoms with Crippen LogP contribution in [0.1, 0.15) is 20.8 Å². The van der Waals surface area contributed by atoms with Crippen molar-refractivity contribution >= 4 is 71.9 Å². The monoisotopic (exact) mass is 518 g/mol. The number of anilines is 2. The summed E-state index contributed by atoms with van der Waals surface area (Å²) in [5.41, 5.74) is 3.03. The Bertz CT molecular complexity index is 1430. The average Bonchev–Trinajstić information content (AvgIpc) is 3.15. The van der Waals surface area contributed by atoms with Crippen molar-refractivity contribution in [1.82, 2.24) is 0 Å². The molecule has 0 unspecified atom stereocenters. The Morgan fingerprint density at radius 1 is 0.970 bits per heavy atom. The Morgan fingerprint density at radius 2 is 1.64 bits per heavy atom. The lowest BCUT2D eigenvalue weighted by Crippen LogP contribution is -2.29. The highest BCUT2D eigenvalue weighted by atomic mass is 35.5. The lowest BCUT2D eigenvalue weighted by atomic mass is 10.1. The zero-order chi connectivity index (χ0) is 23.8. The first-order valence-electron chi connectivity index (χ1n) is 9.93. The van der Waals surface area contributed by atoms with Gasteiger partial charge in [0.15, 0.2) is 0 Å². The van der Waals surface area contributed by atoms with E-state index in [1.165, 1.54) is 21.9 Å². The molecule has 3 aromatic carbocycles. The maximum atomic E-state index is 12.8. The molecule has 33 heavy (non-hydrogen) atoms. The summed E-state index contributed by atoms with van der Waals surface area (Å²) in [4.78, 5) is 13.2. The number of hydrogen-bond acceptors (Lipinski definition) is 4. The maximum absolute atomic E-state index is 12.8. The molecule has 1 N–H and O–H groups in total. The zero-order valence-electron chi connectivity index (χ0n) is 17.8. The Kier molecular flexibility index (Phi) is 6.68. The van der Waals surface area contributed by atoms with Crippen LogP contribution in [-0.2, 0) is 16.6 Å². The van der Waals surface area contributed by atoms with Crippen molar-refractivity contribution < 1.29 is 13.2 Å². The Hall–Kier alpha value is -2.58. The molecule has 1 heterocycles. The van der Waals surface area contributed by atoms with E-state index in [0.29, 0.717) is 26.3 Å². The number of hydrogen-bond donors (Lipinski definition) is 1. The summed E-state index contributed by atoms with van der Waals surface area (Å²) >= 11 is 13.3. The molecule has 5 nitrogen and oxygen atoms in total. The summed E-state index contributed by atoms with van der Waals surface area (Å²) in [5, 5.41) is 4.43. The summed E-state index contributed by atoms with van der Waals surface area (Å²) in [6.07, 6.45) is 1.19. The second-order valence-electron chi connectivity index (χ2n) is 7.70. The fourth-order valence-electron chi connectivity index (χ4n) is 3.38. The molecule has 0 atom stereocenters. The molecule has 0 radical (unpaired) electrons. The molecule has 0 aliphatic heterocycles. The average molecular weight is 519 g/mol. The summed E-state index contributed by atoms with van der Waals surface area (Å²) in [6.45, 7) is 2.20. The van der Waals surface area contributed by atoms with Crippen molar-refractivity contribution in [2.45, 2.75) is 13.5 Å². The molecule has 0 saturated carbocycles. The van der Waals surface area contributed by atoms with E-state index < -0.39 is 10.0 Å². The molecule has 0 fully saturated rings. The lowest BCUT2D eigenvalue weighted by molar-refractivity contribution is 0.103. The smallest absolute Gasteiger partial charge is 0.265 e. The first kappa shape index (κ1) is 23.6. The summed E-state index contributed by atoms with van der Waals surface area (Å²) in [7, 11) is -3.52. The molecule has 0 bridgehead atoms. The number of aryl methyl sites for hydroxylation is 1. The Labute approximate surface area is 206 Å². The molecule has 1 aromatic heterocycles. The van der Waals surface area contributed by atoms with Gasteiger partial charge in [0, 0.05) is 20.4 Å². The number of benzene rings is 3. The van der Waals surface area contributed by atoms with Crippen LogP contribution in [0.5, 0.6) is 0 Å². The number of nitrogens with one attached hydrogen (secondary N) is 1. The zero-order valence-corrected chi connectivity index (χ0v) is 20.9. The van der Waals surface area contributed by atoms with Crippen LogP contribution in [0.3, 0.4) is 0 Å². The fourth-order valence-corrected chi connectivity index (χ4v) is 5.72. The molecule has 0 aliphatic carbocycles. The second-order valence-corrected chi connectivity index (χ2v) is 11.6. The molecule has 4 rings (SSSR count). The van der Waals surface area contributed by atoms with Crippen LogP contribution in [-0.4, -0.2) is 20.6 Å². The number of carbonyl (C=O) groups excluding carboxylic acids is 1. The van der Waals surface area contributed by atoms with Crippen LogP contribution in [0.2, 0.25) is 10.0 Å². The van der Waals surface area contributed by atoms with Gasteiger partial charge in [-0.1, -0.05) is 53.0 Å². The number of fused-ring (bicyclic) bond motifs is 1. The van der Waals surface area contributed by atoms with Gasteiger partial charge in [0.1, 0.15) is 0 Å². The van der Waals surface area contributed by atoms with Gasteiger partial charge >= 0.3 is 0 Å². The van der Waals surface area contributed by atoms with Gasteiger partial charge in [-0.05, 0) is 60.3 Å². The summed E-state index contributed by atoms with van der Waals surface area (Å²) in [5.74, 6) is -0.296. The topological polar surface area (TPSA) is 66.5 Å². The van der Waals surface area contributed by atoms with Crippen LogP contribution in [0.4, 0.5) is 11.4 Å². The second kappa shape index (κ2) is 9.35. The third-order valence-electron chi connectivity index (χ3n) is 4.98. The molecule has 0 spiro atoms. The lowest BCUT2D eigenvalue weighted by Gasteiger charge is -2.22. The van der Waals surface area contributed by atoms with E-state index in [0.717, 1.165) is 21.2 Å². The minimum atomic E-state index is -3.52. The van der Waals surface area contributed by atoms with Crippen molar-refractivity contribution in [2.24, 2.45) is 0 Å². The van der Waals surface area contributed by atoms with E-state index in [1.807, 2.05) is 37.3 Å². The third kappa shape index (κ3) is 5.68. The van der Waals surface area contributed by atoms with Crippen LogP contribution < -0.4 is 9.62 Å². The van der Waals surface area contributed by atoms with Crippen molar-refractivity contribution in [2.75, 3.05) is 15.9 Å². The molecule has 0 saturated heterocycles. The van der Waals surface area contributed by atoms with Gasteiger partial charge in [-0.15, -0.1) is 11.3 Å². The first-order valence-corrected chi connectivity index (χ1v) is 13.3. The number of halogens is 2. The van der Waals surface area contributed by atoms with Crippen molar-refractivity contribution in [3.63, 3.8) is 0 Å². The van der Waals surface area contributed by atoms with Crippen molar-refractivity contribution in [3.8, 4) is 0 Å². The molecular weight excluding hydrogens is 499 g/mol. The van der Waals surface area contributed by atoms with Gasteiger partial charge < -0.3 is 5.32 Å². The first-order chi connectivity index (χ1) is 15.6. The molecule has 9 heteroatoms. The third-order valence-corrected chi connectivity index (χ3v) is 7.67. The van der Waals surface area contributed by atoms with Gasteiger partial charge in [0.25, 0.3) is 5.91 Å². The number of amides is 1. The van der Waals surface area contributed by atoms with Crippen molar-refractivity contribution in [3.05, 3.63) is 92.8 Å². The van der Waals surface area contributed by atoms with Gasteiger partial charge in [-0.3, -0.25) is 9.10 Å². The normalized spacial score (nSPS) is 11.5. The quantitative estimate of drug-likeness (QED) is 0.307. The number of rotatable bonds is 6. The van der Waals surface area contributed by atoms with Gasteiger partial charge in [-0.2, -0.15) is 0 Å². The summed E-state index contributed by atoms with van der Waals surface area (Å²) < 4.78 is 27.3. The van der Waals surface area contributed by atoms with Crippen LogP contribution in [0.15, 0.2) is 66.7 Å².